The van der Waals surface area contributed by atoms with Crippen LogP contribution in [0.3, 0.4) is 0 Å². The second-order valence-corrected chi connectivity index (χ2v) is 7.59. The molecule has 3 rings (SSSR count). The fraction of sp³-hybridized carbons (Fsp3) is 0.167. The van der Waals surface area contributed by atoms with Crippen LogP contribution in [0.5, 0.6) is 0 Å². The zero-order valence-corrected chi connectivity index (χ0v) is 19.2. The Morgan fingerprint density at radius 1 is 1.06 bits per heavy atom. The first-order chi connectivity index (χ1) is 17.3. The van der Waals surface area contributed by atoms with E-state index in [4.69, 9.17) is 15.4 Å². The Morgan fingerprint density at radius 2 is 1.75 bits per heavy atom. The highest BCUT2D eigenvalue weighted by Crippen LogP contribution is 2.13. The molecule has 1 unspecified atom stereocenters. The van der Waals surface area contributed by atoms with E-state index >= 15 is 0 Å². The van der Waals surface area contributed by atoms with Gasteiger partial charge < -0.3 is 20.4 Å². The summed E-state index contributed by atoms with van der Waals surface area (Å²) in [5.74, 6) is -2.78. The van der Waals surface area contributed by atoms with Gasteiger partial charge in [-0.15, -0.1) is 5.11 Å². The standard InChI is InChI=1S/C24H23N7O5/c1-14(15-5-8-27-9-6-15)29-24(35)20-13-18(32)12-19(36-20)23(34)28-10-7-21(33)30-17-4-2-3-16(11-17)22(25)31-26/h2-6,8-9,11-14,25-26H,7,10H2,1H3,(H,28,34)(H,29,35)(H,30,33). The second-order valence-electron chi connectivity index (χ2n) is 7.59. The minimum Gasteiger partial charge on any atom is -0.445 e. The Bertz CT molecular complexity index is 1350. The van der Waals surface area contributed by atoms with Crippen molar-refractivity contribution in [1.29, 1.82) is 10.9 Å². The van der Waals surface area contributed by atoms with Crippen molar-refractivity contribution in [2.45, 2.75) is 19.4 Å². The number of carbonyl (C=O) groups excluding carboxylic acids is 3. The van der Waals surface area contributed by atoms with Gasteiger partial charge in [0.25, 0.3) is 11.8 Å². The lowest BCUT2D eigenvalue weighted by Crippen LogP contribution is -2.30. The average molecular weight is 489 g/mol. The molecule has 0 spiro atoms. The molecule has 1 aromatic carbocycles. The van der Waals surface area contributed by atoms with E-state index in [0.29, 0.717) is 11.3 Å². The average Bonchev–Trinajstić information content (AvgIpc) is 2.88. The first-order valence-corrected chi connectivity index (χ1v) is 10.8. The van der Waals surface area contributed by atoms with Gasteiger partial charge >= 0.3 is 0 Å². The molecule has 0 aliphatic rings. The lowest BCUT2D eigenvalue weighted by Gasteiger charge is -2.13. The summed E-state index contributed by atoms with van der Waals surface area (Å²) in [6, 6.07) is 11.3. The van der Waals surface area contributed by atoms with Crippen molar-refractivity contribution < 1.29 is 18.8 Å². The van der Waals surface area contributed by atoms with Gasteiger partial charge in [0.05, 0.1) is 6.04 Å². The number of nitrogens with one attached hydrogen (secondary N) is 5. The Hall–Kier alpha value is -5.00. The SMILES string of the molecule is CC(NC(=O)c1cc(=O)cc(C(=O)NCCC(=O)Nc2cccc(C(=N)N=N)c2)o1)c1ccncc1. The van der Waals surface area contributed by atoms with Crippen LogP contribution in [0.25, 0.3) is 0 Å². The summed E-state index contributed by atoms with van der Waals surface area (Å²) >= 11 is 0. The largest absolute Gasteiger partial charge is 0.445 e. The number of amides is 3. The van der Waals surface area contributed by atoms with Gasteiger partial charge in [-0.1, -0.05) is 12.1 Å². The number of nitrogens with zero attached hydrogens (tertiary/aromatic N) is 2. The van der Waals surface area contributed by atoms with E-state index in [1.54, 1.807) is 49.6 Å². The minimum atomic E-state index is -0.760. The third-order valence-corrected chi connectivity index (χ3v) is 4.94. The van der Waals surface area contributed by atoms with Crippen molar-refractivity contribution in [3.05, 3.63) is 93.8 Å². The number of anilines is 1. The topological polar surface area (TPSA) is 190 Å². The highest BCUT2D eigenvalue weighted by Gasteiger charge is 2.18. The summed E-state index contributed by atoms with van der Waals surface area (Å²) in [6.45, 7) is 1.68. The normalized spacial score (nSPS) is 11.1. The van der Waals surface area contributed by atoms with E-state index in [9.17, 15) is 19.2 Å². The number of benzene rings is 1. The molecule has 0 saturated heterocycles. The number of amidine groups is 1. The fourth-order valence-corrected chi connectivity index (χ4v) is 3.11. The minimum absolute atomic E-state index is 0.0680. The number of hydrogen-bond donors (Lipinski definition) is 5. The van der Waals surface area contributed by atoms with Crippen LogP contribution in [0.1, 0.15) is 51.6 Å². The summed E-state index contributed by atoms with van der Waals surface area (Å²) in [5.41, 5.74) is 7.88. The van der Waals surface area contributed by atoms with Crippen LogP contribution in [-0.2, 0) is 4.79 Å². The molecule has 2 heterocycles. The third-order valence-electron chi connectivity index (χ3n) is 4.94. The molecule has 2 aromatic heterocycles. The Labute approximate surface area is 205 Å². The Morgan fingerprint density at radius 3 is 2.44 bits per heavy atom. The van der Waals surface area contributed by atoms with E-state index in [0.717, 1.165) is 17.7 Å². The molecule has 0 radical (unpaired) electrons. The van der Waals surface area contributed by atoms with Gasteiger partial charge in [-0.25, -0.2) is 5.53 Å². The molecule has 5 N–H and O–H groups in total. The molecule has 36 heavy (non-hydrogen) atoms. The van der Waals surface area contributed by atoms with Crippen LogP contribution in [-0.4, -0.2) is 35.1 Å². The van der Waals surface area contributed by atoms with Crippen LogP contribution >= 0.6 is 0 Å². The summed E-state index contributed by atoms with van der Waals surface area (Å²) in [4.78, 5) is 53.1. The fourth-order valence-electron chi connectivity index (χ4n) is 3.11. The molecule has 12 nitrogen and oxygen atoms in total. The third kappa shape index (κ3) is 7.00. The molecule has 3 aromatic rings. The number of rotatable bonds is 9. The van der Waals surface area contributed by atoms with Crippen LogP contribution in [0.4, 0.5) is 5.69 Å². The predicted octanol–water partition coefficient (Wildman–Crippen LogP) is 2.64. The molecule has 184 valence electrons. The number of pyridine rings is 1. The number of carbonyl (C=O) groups is 3. The summed E-state index contributed by atoms with van der Waals surface area (Å²) in [5, 5.41) is 18.4. The van der Waals surface area contributed by atoms with E-state index in [-0.39, 0.29) is 30.3 Å². The predicted molar refractivity (Wildman–Crippen MR) is 129 cm³/mol. The second kappa shape index (κ2) is 11.9. The molecule has 0 fully saturated rings. The van der Waals surface area contributed by atoms with Crippen molar-refractivity contribution in [3.8, 4) is 0 Å². The smallest absolute Gasteiger partial charge is 0.287 e. The lowest BCUT2D eigenvalue weighted by atomic mass is 10.1. The van der Waals surface area contributed by atoms with Crippen molar-refractivity contribution >= 4 is 29.2 Å². The van der Waals surface area contributed by atoms with Crippen molar-refractivity contribution in [3.63, 3.8) is 0 Å². The molecule has 0 bridgehead atoms. The van der Waals surface area contributed by atoms with Crippen LogP contribution < -0.4 is 21.4 Å². The van der Waals surface area contributed by atoms with Gasteiger partial charge in [-0.2, -0.15) is 0 Å². The molecular weight excluding hydrogens is 466 g/mol. The van der Waals surface area contributed by atoms with Crippen LogP contribution in [0, 0.1) is 10.9 Å². The zero-order chi connectivity index (χ0) is 26.1. The molecule has 3 amide bonds. The van der Waals surface area contributed by atoms with Crippen LogP contribution in [0.15, 0.2) is 75.3 Å². The first-order valence-electron chi connectivity index (χ1n) is 10.8. The highest BCUT2D eigenvalue weighted by molar-refractivity contribution is 5.99. The molecule has 0 aliphatic heterocycles. The number of aromatic nitrogens is 1. The maximum atomic E-state index is 12.5. The summed E-state index contributed by atoms with van der Waals surface area (Å²) < 4.78 is 5.34. The maximum Gasteiger partial charge on any atom is 0.287 e. The van der Waals surface area contributed by atoms with Crippen molar-refractivity contribution in [2.75, 3.05) is 11.9 Å². The van der Waals surface area contributed by atoms with E-state index in [1.165, 1.54) is 6.07 Å². The Kier molecular flexibility index (Phi) is 8.49. The highest BCUT2D eigenvalue weighted by atomic mass is 16.4. The summed E-state index contributed by atoms with van der Waals surface area (Å²) in [7, 11) is 0. The van der Waals surface area contributed by atoms with Gasteiger partial charge in [0, 0.05) is 48.7 Å². The molecule has 1 atom stereocenters. The zero-order valence-electron chi connectivity index (χ0n) is 19.2. The van der Waals surface area contributed by atoms with Gasteiger partial charge in [0.15, 0.2) is 22.8 Å². The van der Waals surface area contributed by atoms with Crippen molar-refractivity contribution in [1.82, 2.24) is 15.6 Å². The quantitative estimate of drug-likeness (QED) is 0.174. The van der Waals surface area contributed by atoms with Crippen LogP contribution in [0.2, 0.25) is 0 Å². The molecule has 12 heteroatoms. The first kappa shape index (κ1) is 25.6. The maximum absolute atomic E-state index is 12.5. The van der Waals surface area contributed by atoms with Gasteiger partial charge in [0.1, 0.15) is 0 Å². The van der Waals surface area contributed by atoms with E-state index in [1.807, 2.05) is 0 Å². The van der Waals surface area contributed by atoms with Gasteiger partial charge in [-0.05, 0) is 36.8 Å². The Balaban J connectivity index is 1.56. The monoisotopic (exact) mass is 489 g/mol. The molecule has 0 saturated carbocycles. The van der Waals surface area contributed by atoms with Gasteiger partial charge in [0.2, 0.25) is 5.91 Å². The van der Waals surface area contributed by atoms with E-state index < -0.39 is 29.2 Å². The van der Waals surface area contributed by atoms with Crippen molar-refractivity contribution in [2.24, 2.45) is 5.11 Å². The van der Waals surface area contributed by atoms with Gasteiger partial charge in [-0.3, -0.25) is 29.6 Å². The number of hydrogen-bond acceptors (Lipinski definition) is 8. The summed E-state index contributed by atoms with van der Waals surface area (Å²) in [6.07, 6.45) is 3.08. The van der Waals surface area contributed by atoms with E-state index in [2.05, 4.69) is 26.0 Å². The molecular formula is C24H23N7O5. The molecule has 0 aliphatic carbocycles. The lowest BCUT2D eigenvalue weighted by molar-refractivity contribution is -0.116.